The second kappa shape index (κ2) is 8.04. The van der Waals surface area contributed by atoms with Gasteiger partial charge in [-0.25, -0.2) is 0 Å². The lowest BCUT2D eigenvalue weighted by Crippen LogP contribution is -2.37. The van der Waals surface area contributed by atoms with Gasteiger partial charge < -0.3 is 15.0 Å². The Morgan fingerprint density at radius 1 is 1.31 bits per heavy atom. The van der Waals surface area contributed by atoms with E-state index in [9.17, 15) is 0 Å². The Morgan fingerprint density at radius 3 is 2.56 bits per heavy atom. The first-order valence-electron chi connectivity index (χ1n) is 6.67. The highest BCUT2D eigenvalue weighted by molar-refractivity contribution is 4.72. The fraction of sp³-hybridized carbons (Fsp3) is 1.00. The molecule has 0 aromatic carbocycles. The van der Waals surface area contributed by atoms with E-state index < -0.39 is 0 Å². The minimum Gasteiger partial charge on any atom is -0.380 e. The first-order valence-corrected chi connectivity index (χ1v) is 6.67. The van der Waals surface area contributed by atoms with E-state index in [1.807, 2.05) is 7.05 Å². The van der Waals surface area contributed by atoms with E-state index in [-0.39, 0.29) is 0 Å². The Labute approximate surface area is 101 Å². The lowest BCUT2D eigenvalue weighted by atomic mass is 9.97. The molecule has 0 saturated carbocycles. The Hall–Kier alpha value is -0.120. The molecule has 0 atom stereocenters. The normalized spacial score (nSPS) is 19.5. The third-order valence-electron chi connectivity index (χ3n) is 3.18. The molecule has 0 aromatic heterocycles. The zero-order valence-corrected chi connectivity index (χ0v) is 11.2. The van der Waals surface area contributed by atoms with Crippen molar-refractivity contribution in [3.8, 4) is 0 Å². The van der Waals surface area contributed by atoms with E-state index in [1.54, 1.807) is 0 Å². The SMILES string of the molecule is CNCCOCC1CCN(CC(C)C)CC1. The number of nitrogens with one attached hydrogen (secondary N) is 1. The minimum atomic E-state index is 0.792. The smallest absolute Gasteiger partial charge is 0.0590 e. The second-order valence-corrected chi connectivity index (χ2v) is 5.32. The maximum atomic E-state index is 5.65. The second-order valence-electron chi connectivity index (χ2n) is 5.32. The molecule has 1 N–H and O–H groups in total. The van der Waals surface area contributed by atoms with Gasteiger partial charge in [0.05, 0.1) is 6.61 Å². The summed E-state index contributed by atoms with van der Waals surface area (Å²) in [5, 5.41) is 3.10. The summed E-state index contributed by atoms with van der Waals surface area (Å²) in [6.07, 6.45) is 2.62. The molecule has 1 fully saturated rings. The van der Waals surface area contributed by atoms with E-state index in [4.69, 9.17) is 4.74 Å². The van der Waals surface area contributed by atoms with Crippen LogP contribution in [0, 0.1) is 11.8 Å². The van der Waals surface area contributed by atoms with Gasteiger partial charge in [-0.15, -0.1) is 0 Å². The van der Waals surface area contributed by atoms with Crippen molar-refractivity contribution >= 4 is 0 Å². The van der Waals surface area contributed by atoms with Crippen LogP contribution in [0.4, 0.5) is 0 Å². The quantitative estimate of drug-likeness (QED) is 0.670. The molecule has 16 heavy (non-hydrogen) atoms. The van der Waals surface area contributed by atoms with Gasteiger partial charge in [-0.2, -0.15) is 0 Å². The van der Waals surface area contributed by atoms with Gasteiger partial charge in [0, 0.05) is 19.7 Å². The van der Waals surface area contributed by atoms with E-state index in [2.05, 4.69) is 24.1 Å². The van der Waals surface area contributed by atoms with E-state index in [0.717, 1.165) is 31.6 Å². The largest absolute Gasteiger partial charge is 0.380 e. The number of rotatable bonds is 7. The third kappa shape index (κ3) is 5.83. The number of hydrogen-bond donors (Lipinski definition) is 1. The number of piperidine rings is 1. The summed E-state index contributed by atoms with van der Waals surface area (Å²) >= 11 is 0. The topological polar surface area (TPSA) is 24.5 Å². The summed E-state index contributed by atoms with van der Waals surface area (Å²) in [6.45, 7) is 11.1. The van der Waals surface area contributed by atoms with Gasteiger partial charge >= 0.3 is 0 Å². The van der Waals surface area contributed by atoms with Crippen molar-refractivity contribution in [2.75, 3.05) is 46.4 Å². The Morgan fingerprint density at radius 2 is 2.00 bits per heavy atom. The highest BCUT2D eigenvalue weighted by Crippen LogP contribution is 2.18. The van der Waals surface area contributed by atoms with E-state index >= 15 is 0 Å². The van der Waals surface area contributed by atoms with Gasteiger partial charge in [0.2, 0.25) is 0 Å². The predicted molar refractivity (Wildman–Crippen MR) is 68.7 cm³/mol. The monoisotopic (exact) mass is 228 g/mol. The van der Waals surface area contributed by atoms with Crippen molar-refractivity contribution in [2.45, 2.75) is 26.7 Å². The number of ether oxygens (including phenoxy) is 1. The van der Waals surface area contributed by atoms with Crippen LogP contribution in [0.2, 0.25) is 0 Å². The molecule has 96 valence electrons. The maximum absolute atomic E-state index is 5.65. The first-order chi connectivity index (χ1) is 7.72. The number of nitrogens with zero attached hydrogens (tertiary/aromatic N) is 1. The minimum absolute atomic E-state index is 0.792. The zero-order chi connectivity index (χ0) is 11.8. The summed E-state index contributed by atoms with van der Waals surface area (Å²) in [5.74, 6) is 1.59. The summed E-state index contributed by atoms with van der Waals surface area (Å²) in [6, 6.07) is 0. The molecule has 0 unspecified atom stereocenters. The Bertz CT molecular complexity index is 165. The van der Waals surface area contributed by atoms with Crippen molar-refractivity contribution in [3.05, 3.63) is 0 Å². The molecule has 1 heterocycles. The zero-order valence-electron chi connectivity index (χ0n) is 11.2. The molecule has 0 aliphatic carbocycles. The van der Waals surface area contributed by atoms with Crippen molar-refractivity contribution in [1.29, 1.82) is 0 Å². The summed E-state index contributed by atoms with van der Waals surface area (Å²) in [4.78, 5) is 2.59. The van der Waals surface area contributed by atoms with E-state index in [0.29, 0.717) is 0 Å². The molecular weight excluding hydrogens is 200 g/mol. The number of likely N-dealkylation sites (N-methyl/N-ethyl adjacent to an activating group) is 1. The van der Waals surface area contributed by atoms with Crippen LogP contribution in [0.5, 0.6) is 0 Å². The molecule has 1 aliphatic heterocycles. The van der Waals surface area contributed by atoms with Crippen LogP contribution in [-0.4, -0.2) is 51.3 Å². The number of hydrogen-bond acceptors (Lipinski definition) is 3. The summed E-state index contributed by atoms with van der Waals surface area (Å²) in [7, 11) is 1.97. The van der Waals surface area contributed by atoms with Crippen LogP contribution < -0.4 is 5.32 Å². The molecule has 0 amide bonds. The lowest BCUT2D eigenvalue weighted by molar-refractivity contribution is 0.0664. The van der Waals surface area contributed by atoms with Crippen LogP contribution in [0.15, 0.2) is 0 Å². The average Bonchev–Trinajstić information content (AvgIpc) is 2.26. The van der Waals surface area contributed by atoms with Crippen molar-refractivity contribution in [1.82, 2.24) is 10.2 Å². The van der Waals surface area contributed by atoms with Gasteiger partial charge in [-0.3, -0.25) is 0 Å². The van der Waals surface area contributed by atoms with Crippen LogP contribution in [0.3, 0.4) is 0 Å². The Balaban J connectivity index is 2.03. The maximum Gasteiger partial charge on any atom is 0.0590 e. The van der Waals surface area contributed by atoms with Crippen molar-refractivity contribution in [3.63, 3.8) is 0 Å². The first kappa shape index (κ1) is 13.9. The van der Waals surface area contributed by atoms with Gasteiger partial charge in [0.25, 0.3) is 0 Å². The molecule has 0 spiro atoms. The van der Waals surface area contributed by atoms with Crippen molar-refractivity contribution in [2.24, 2.45) is 11.8 Å². The summed E-state index contributed by atoms with van der Waals surface area (Å²) in [5.41, 5.74) is 0. The standard InChI is InChI=1S/C13H28N2O/c1-12(2)10-15-7-4-13(5-8-15)11-16-9-6-14-3/h12-14H,4-11H2,1-3H3. The van der Waals surface area contributed by atoms with Gasteiger partial charge in [0.15, 0.2) is 0 Å². The van der Waals surface area contributed by atoms with Crippen LogP contribution >= 0.6 is 0 Å². The van der Waals surface area contributed by atoms with Gasteiger partial charge in [-0.1, -0.05) is 13.8 Å². The lowest BCUT2D eigenvalue weighted by Gasteiger charge is -2.32. The molecule has 0 bridgehead atoms. The molecule has 1 aliphatic rings. The fourth-order valence-electron chi connectivity index (χ4n) is 2.28. The summed E-state index contributed by atoms with van der Waals surface area (Å²) < 4.78 is 5.65. The van der Waals surface area contributed by atoms with Crippen LogP contribution in [-0.2, 0) is 4.74 Å². The fourth-order valence-corrected chi connectivity index (χ4v) is 2.28. The molecular formula is C13H28N2O. The third-order valence-corrected chi connectivity index (χ3v) is 3.18. The van der Waals surface area contributed by atoms with Gasteiger partial charge in [0.1, 0.15) is 0 Å². The molecule has 0 radical (unpaired) electrons. The predicted octanol–water partition coefficient (Wildman–Crippen LogP) is 1.59. The molecule has 1 saturated heterocycles. The van der Waals surface area contributed by atoms with Crippen LogP contribution in [0.1, 0.15) is 26.7 Å². The molecule has 3 heteroatoms. The molecule has 1 rings (SSSR count). The van der Waals surface area contributed by atoms with Gasteiger partial charge in [-0.05, 0) is 44.8 Å². The van der Waals surface area contributed by atoms with E-state index in [1.165, 1.54) is 32.5 Å². The highest BCUT2D eigenvalue weighted by Gasteiger charge is 2.19. The number of likely N-dealkylation sites (tertiary alicyclic amines) is 1. The highest BCUT2D eigenvalue weighted by atomic mass is 16.5. The molecule has 3 nitrogen and oxygen atoms in total. The average molecular weight is 228 g/mol. The van der Waals surface area contributed by atoms with Crippen LogP contribution in [0.25, 0.3) is 0 Å². The Kier molecular flexibility index (Phi) is 7.01. The van der Waals surface area contributed by atoms with Crippen molar-refractivity contribution < 1.29 is 4.74 Å². The molecule has 0 aromatic rings.